The first-order valence-electron chi connectivity index (χ1n) is 1.56. The molecule has 8 heavy (non-hydrogen) atoms. The minimum absolute atomic E-state index is 0. The van der Waals surface area contributed by atoms with Gasteiger partial charge in [0.05, 0.1) is 0 Å². The molecule has 0 unspecified atom stereocenters. The van der Waals surface area contributed by atoms with E-state index in [1.165, 1.54) is 6.92 Å². The van der Waals surface area contributed by atoms with Gasteiger partial charge in [-0.15, -0.1) is 0 Å². The summed E-state index contributed by atoms with van der Waals surface area (Å²) in [5.74, 6) is 0. The quantitative estimate of drug-likeness (QED) is 0.283. The van der Waals surface area contributed by atoms with Crippen molar-refractivity contribution < 1.29 is 39.1 Å². The Kier molecular flexibility index (Phi) is 30.9. The van der Waals surface area contributed by atoms with Gasteiger partial charge in [-0.05, 0) is 6.92 Å². The second-order valence-corrected chi connectivity index (χ2v) is 0.600. The molecule has 0 aliphatic carbocycles. The zero-order valence-corrected chi connectivity index (χ0v) is 6.97. The number of hydrogen-bond acceptors (Lipinski definition) is 2. The number of carbonyl (C=O) groups is 2. The molecule has 0 aromatic heterocycles. The van der Waals surface area contributed by atoms with E-state index in [0.717, 1.165) is 6.29 Å². The molecular weight excluding hydrogens is 119 g/mol. The summed E-state index contributed by atoms with van der Waals surface area (Å²) >= 11 is 0. The van der Waals surface area contributed by atoms with Gasteiger partial charge in [0.2, 0.25) is 0 Å². The first kappa shape index (κ1) is 15.7. The molecule has 0 saturated heterocycles. The van der Waals surface area contributed by atoms with Gasteiger partial charge in [0.25, 0.3) is 0 Å². The molecule has 0 saturated carbocycles. The molecule has 0 heterocycles. The zero-order valence-electron chi connectivity index (χ0n) is 4.97. The molecule has 0 spiro atoms. The number of primary amides is 1. The zero-order chi connectivity index (χ0) is 6.28. The maximum absolute atomic E-state index is 8.89. The van der Waals surface area contributed by atoms with E-state index in [0.29, 0.717) is 0 Å². The summed E-state index contributed by atoms with van der Waals surface area (Å²) in [6, 6.07) is -1.08. The van der Waals surface area contributed by atoms with Crippen molar-refractivity contribution >= 4 is 12.3 Å². The monoisotopic (exact) mass is 126 g/mol. The van der Waals surface area contributed by atoms with Crippen LogP contribution < -0.4 is 35.3 Å². The molecule has 4 nitrogen and oxygen atoms in total. The van der Waals surface area contributed by atoms with Crippen LogP contribution in [0.5, 0.6) is 0 Å². The number of nitrogens with one attached hydrogen (secondary N) is 1. The molecule has 0 fully saturated rings. The number of rotatable bonds is 0. The van der Waals surface area contributed by atoms with Crippen LogP contribution in [0.3, 0.4) is 0 Å². The van der Waals surface area contributed by atoms with Crippen molar-refractivity contribution in [1.82, 2.24) is 0 Å². The van der Waals surface area contributed by atoms with Crippen LogP contribution in [0.1, 0.15) is 6.92 Å². The molecule has 0 aromatic carbocycles. The normalized spacial score (nSPS) is 4.62. The van der Waals surface area contributed by atoms with E-state index in [1.807, 2.05) is 0 Å². The standard InChI is InChI=1S/C2H4O.CH4N2O.Na/c1-2-3;2-1(3)4;/h2H,1H3;(H4,2,3,4);/q;;+1/p-1. The second-order valence-electron chi connectivity index (χ2n) is 0.600. The molecule has 0 rings (SSSR count). The average Bonchev–Trinajstić information content (AvgIpc) is 1.33. The molecule has 0 atom stereocenters. The van der Waals surface area contributed by atoms with Crippen molar-refractivity contribution in [2.75, 3.05) is 0 Å². The topological polar surface area (TPSA) is 84.0 Å². The Morgan fingerprint density at radius 2 is 1.75 bits per heavy atom. The predicted octanol–water partition coefficient (Wildman–Crippen LogP) is -2.67. The predicted molar refractivity (Wildman–Crippen MR) is 25.6 cm³/mol. The van der Waals surface area contributed by atoms with Crippen LogP contribution >= 0.6 is 0 Å². The van der Waals surface area contributed by atoms with Crippen molar-refractivity contribution in [2.45, 2.75) is 6.92 Å². The fraction of sp³-hybridized carbons (Fsp3) is 0.333. The molecule has 42 valence electrons. The van der Waals surface area contributed by atoms with Crippen LogP contribution in [-0.2, 0) is 4.79 Å². The van der Waals surface area contributed by atoms with E-state index in [2.05, 4.69) is 5.73 Å². The summed E-state index contributed by atoms with van der Waals surface area (Å²) in [5.41, 5.74) is 9.86. The Balaban J connectivity index is -0.0000000575. The third-order valence-electron chi connectivity index (χ3n) is 0. The summed E-state index contributed by atoms with van der Waals surface area (Å²) in [6.45, 7) is 1.44. The van der Waals surface area contributed by atoms with Gasteiger partial charge in [-0.2, -0.15) is 0 Å². The summed E-state index contributed by atoms with van der Waals surface area (Å²) in [7, 11) is 0. The van der Waals surface area contributed by atoms with Crippen LogP contribution in [0.2, 0.25) is 0 Å². The summed E-state index contributed by atoms with van der Waals surface area (Å²) in [5, 5.41) is 0. The molecule has 3 N–H and O–H groups in total. The van der Waals surface area contributed by atoms with E-state index in [4.69, 9.17) is 15.3 Å². The molecule has 0 bridgehead atoms. The fourth-order valence-electron chi connectivity index (χ4n) is 0. The Hall–Kier alpha value is -0.0600. The van der Waals surface area contributed by atoms with Gasteiger partial charge in [0.1, 0.15) is 12.3 Å². The average molecular weight is 126 g/mol. The third-order valence-corrected chi connectivity index (χ3v) is 0. The summed E-state index contributed by atoms with van der Waals surface area (Å²) in [4.78, 5) is 17.7. The van der Waals surface area contributed by atoms with Gasteiger partial charge in [0, 0.05) is 0 Å². The molecule has 5 heteroatoms. The number of nitrogens with two attached hydrogens (primary N) is 1. The Labute approximate surface area is 69.9 Å². The number of hydrogen-bond donors (Lipinski definition) is 1. The van der Waals surface area contributed by atoms with E-state index in [1.54, 1.807) is 0 Å². The fourth-order valence-corrected chi connectivity index (χ4v) is 0. The van der Waals surface area contributed by atoms with Crippen molar-refractivity contribution in [3.8, 4) is 0 Å². The minimum Gasteiger partial charge on any atom is -0.463 e. The third kappa shape index (κ3) is 40300. The van der Waals surface area contributed by atoms with Crippen LogP contribution in [0.4, 0.5) is 4.79 Å². The van der Waals surface area contributed by atoms with E-state index in [9.17, 15) is 0 Å². The number of urea groups is 1. The Morgan fingerprint density at radius 1 is 1.75 bits per heavy atom. The minimum atomic E-state index is -1.08. The molecule has 0 aliphatic heterocycles. The maximum Gasteiger partial charge on any atom is 1.00 e. The van der Waals surface area contributed by atoms with Gasteiger partial charge in [0.15, 0.2) is 0 Å². The first-order chi connectivity index (χ1) is 3.15. The number of carbonyl (C=O) groups excluding carboxylic acids is 2. The van der Waals surface area contributed by atoms with Gasteiger partial charge < -0.3 is 16.3 Å². The van der Waals surface area contributed by atoms with Crippen molar-refractivity contribution in [3.05, 3.63) is 5.73 Å². The molecule has 2 amide bonds. The van der Waals surface area contributed by atoms with E-state index in [-0.39, 0.29) is 29.6 Å². The van der Waals surface area contributed by atoms with Gasteiger partial charge >= 0.3 is 29.6 Å². The van der Waals surface area contributed by atoms with Crippen molar-refractivity contribution in [3.63, 3.8) is 0 Å². The largest absolute Gasteiger partial charge is 1.00 e. The second kappa shape index (κ2) is 15.8. The van der Waals surface area contributed by atoms with Crippen LogP contribution in [0.25, 0.3) is 5.73 Å². The van der Waals surface area contributed by atoms with E-state index < -0.39 is 6.03 Å². The van der Waals surface area contributed by atoms with Crippen molar-refractivity contribution in [2.24, 2.45) is 5.73 Å². The smallest absolute Gasteiger partial charge is 0.463 e. The van der Waals surface area contributed by atoms with Crippen LogP contribution in [0, 0.1) is 0 Å². The maximum atomic E-state index is 8.89. The van der Waals surface area contributed by atoms with Gasteiger partial charge in [-0.25, -0.2) is 0 Å². The SMILES string of the molecule is CC=O.[NH-]C(N)=O.[Na+]. The first-order valence-corrected chi connectivity index (χ1v) is 1.56. The Bertz CT molecular complexity index is 62.3. The molecule has 0 aliphatic rings. The summed E-state index contributed by atoms with van der Waals surface area (Å²) in [6.07, 6.45) is 0.750. The molecule has 0 radical (unpaired) electrons. The van der Waals surface area contributed by atoms with Gasteiger partial charge in [-0.1, -0.05) is 0 Å². The Morgan fingerprint density at radius 3 is 1.75 bits per heavy atom. The van der Waals surface area contributed by atoms with Crippen LogP contribution in [0.15, 0.2) is 0 Å². The van der Waals surface area contributed by atoms with E-state index >= 15 is 0 Å². The molecular formula is C3H7N2NaO2. The molecule has 0 aromatic rings. The van der Waals surface area contributed by atoms with Crippen LogP contribution in [-0.4, -0.2) is 12.3 Å². The van der Waals surface area contributed by atoms with Gasteiger partial charge in [-0.3, -0.25) is 4.79 Å². The summed E-state index contributed by atoms with van der Waals surface area (Å²) < 4.78 is 0. The van der Waals surface area contributed by atoms with Crippen molar-refractivity contribution in [1.29, 1.82) is 0 Å². The number of aldehydes is 1. The number of amides is 2.